The third-order valence-corrected chi connectivity index (χ3v) is 2.64. The molecule has 7 nitrogen and oxygen atoms in total. The Morgan fingerprint density at radius 1 is 1.63 bits per heavy atom. The van der Waals surface area contributed by atoms with Crippen LogP contribution in [0, 0.1) is 10.1 Å². The number of nitro benzene ring substituents is 1. The third kappa shape index (κ3) is 3.80. The summed E-state index contributed by atoms with van der Waals surface area (Å²) < 4.78 is 4.42. The van der Waals surface area contributed by atoms with Gasteiger partial charge in [0.2, 0.25) is 0 Å². The van der Waals surface area contributed by atoms with Crippen molar-refractivity contribution in [3.63, 3.8) is 0 Å². The fraction of sp³-hybridized carbons (Fsp3) is 0.364. The summed E-state index contributed by atoms with van der Waals surface area (Å²) in [5.74, 6) is -0.836. The number of hydrogen-bond donors (Lipinski definition) is 2. The quantitative estimate of drug-likeness (QED) is 0.484. The second-order valence-corrected chi connectivity index (χ2v) is 4.47. The number of carbonyl (C=O) groups is 1. The third-order valence-electron chi connectivity index (χ3n) is 2.40. The molecule has 0 fully saturated rings. The molecule has 0 aromatic heterocycles. The summed E-state index contributed by atoms with van der Waals surface area (Å²) >= 11 is 5.67. The summed E-state index contributed by atoms with van der Waals surface area (Å²) in [5, 5.41) is 23.5. The number of anilines is 1. The second kappa shape index (κ2) is 5.85. The highest BCUT2D eigenvalue weighted by Gasteiger charge is 2.31. The predicted octanol–water partition coefficient (Wildman–Crippen LogP) is 1.58. The van der Waals surface area contributed by atoms with E-state index in [2.05, 4.69) is 10.1 Å². The van der Waals surface area contributed by atoms with Crippen molar-refractivity contribution in [2.75, 3.05) is 19.0 Å². The summed E-state index contributed by atoms with van der Waals surface area (Å²) in [6, 6.07) is 4.04. The van der Waals surface area contributed by atoms with Gasteiger partial charge in [-0.2, -0.15) is 0 Å². The summed E-state index contributed by atoms with van der Waals surface area (Å²) in [6.45, 7) is 1.01. The monoisotopic (exact) mass is 288 g/mol. The predicted molar refractivity (Wildman–Crippen MR) is 69.2 cm³/mol. The van der Waals surface area contributed by atoms with Crippen molar-refractivity contribution in [1.82, 2.24) is 0 Å². The highest BCUT2D eigenvalue weighted by Crippen LogP contribution is 2.28. The Balaban J connectivity index is 2.89. The van der Waals surface area contributed by atoms with Crippen LogP contribution in [0.5, 0.6) is 0 Å². The van der Waals surface area contributed by atoms with Crippen LogP contribution in [0.3, 0.4) is 0 Å². The number of hydrogen-bond acceptors (Lipinski definition) is 6. The maximum atomic E-state index is 11.3. The van der Waals surface area contributed by atoms with Crippen molar-refractivity contribution >= 4 is 28.9 Å². The summed E-state index contributed by atoms with van der Waals surface area (Å²) in [6.07, 6.45) is 0. The maximum absolute atomic E-state index is 11.3. The Kier molecular flexibility index (Phi) is 4.68. The highest BCUT2D eigenvalue weighted by molar-refractivity contribution is 6.30. The molecule has 0 aliphatic heterocycles. The normalized spacial score (nSPS) is 13.5. The number of aliphatic hydroxyl groups is 1. The molecule has 8 heteroatoms. The van der Waals surface area contributed by atoms with E-state index in [0.29, 0.717) is 0 Å². The minimum Gasteiger partial charge on any atom is -0.467 e. The van der Waals surface area contributed by atoms with Crippen LogP contribution in [0.2, 0.25) is 5.02 Å². The van der Waals surface area contributed by atoms with Gasteiger partial charge in [-0.3, -0.25) is 10.1 Å². The van der Waals surface area contributed by atoms with Gasteiger partial charge < -0.3 is 15.2 Å². The molecular weight excluding hydrogens is 276 g/mol. The molecule has 19 heavy (non-hydrogen) atoms. The van der Waals surface area contributed by atoms with Gasteiger partial charge in [-0.05, 0) is 19.1 Å². The van der Waals surface area contributed by atoms with Gasteiger partial charge in [0.15, 0.2) is 5.60 Å². The van der Waals surface area contributed by atoms with Gasteiger partial charge in [-0.25, -0.2) is 4.79 Å². The number of benzene rings is 1. The first kappa shape index (κ1) is 15.2. The van der Waals surface area contributed by atoms with Gasteiger partial charge >= 0.3 is 5.97 Å². The molecular formula is C11H13ClN2O5. The van der Waals surface area contributed by atoms with Crippen molar-refractivity contribution in [3.05, 3.63) is 33.3 Å². The highest BCUT2D eigenvalue weighted by atomic mass is 35.5. The number of rotatable bonds is 5. The number of nitrogens with zero attached hydrogens (tertiary/aromatic N) is 1. The van der Waals surface area contributed by atoms with Gasteiger partial charge in [0.25, 0.3) is 5.69 Å². The van der Waals surface area contributed by atoms with Crippen LogP contribution in [-0.4, -0.2) is 35.3 Å². The minimum atomic E-state index is -1.79. The summed E-state index contributed by atoms with van der Waals surface area (Å²) in [4.78, 5) is 21.5. The van der Waals surface area contributed by atoms with E-state index in [-0.39, 0.29) is 22.9 Å². The zero-order valence-corrected chi connectivity index (χ0v) is 11.1. The van der Waals surface area contributed by atoms with Crippen molar-refractivity contribution < 1.29 is 19.6 Å². The Bertz CT molecular complexity index is 504. The second-order valence-electron chi connectivity index (χ2n) is 4.04. The first-order chi connectivity index (χ1) is 8.77. The molecule has 0 saturated carbocycles. The fourth-order valence-electron chi connectivity index (χ4n) is 1.36. The van der Waals surface area contributed by atoms with Gasteiger partial charge in [-0.15, -0.1) is 0 Å². The molecule has 1 atom stereocenters. The molecule has 1 rings (SSSR count). The van der Waals surface area contributed by atoms with E-state index in [1.54, 1.807) is 0 Å². The van der Waals surface area contributed by atoms with E-state index in [1.807, 2.05) is 0 Å². The van der Waals surface area contributed by atoms with Crippen LogP contribution < -0.4 is 5.32 Å². The first-order valence-corrected chi connectivity index (χ1v) is 5.64. The van der Waals surface area contributed by atoms with Crippen molar-refractivity contribution in [1.29, 1.82) is 0 Å². The molecule has 0 amide bonds. The Morgan fingerprint density at radius 3 is 2.79 bits per heavy atom. The van der Waals surface area contributed by atoms with Crippen LogP contribution in [0.25, 0.3) is 0 Å². The zero-order chi connectivity index (χ0) is 14.6. The van der Waals surface area contributed by atoms with E-state index in [0.717, 1.165) is 7.11 Å². The average molecular weight is 289 g/mol. The van der Waals surface area contributed by atoms with Crippen molar-refractivity contribution in [2.24, 2.45) is 0 Å². The minimum absolute atomic E-state index is 0.151. The largest absolute Gasteiger partial charge is 0.467 e. The first-order valence-electron chi connectivity index (χ1n) is 5.26. The molecule has 2 N–H and O–H groups in total. The number of carbonyl (C=O) groups excluding carboxylic acids is 1. The van der Waals surface area contributed by atoms with E-state index < -0.39 is 16.5 Å². The number of halogens is 1. The van der Waals surface area contributed by atoms with Crippen LogP contribution >= 0.6 is 11.6 Å². The van der Waals surface area contributed by atoms with E-state index >= 15 is 0 Å². The van der Waals surface area contributed by atoms with Crippen LogP contribution in [0.1, 0.15) is 6.92 Å². The molecule has 0 unspecified atom stereocenters. The van der Waals surface area contributed by atoms with Crippen molar-refractivity contribution in [2.45, 2.75) is 12.5 Å². The lowest BCUT2D eigenvalue weighted by Crippen LogP contribution is -2.42. The van der Waals surface area contributed by atoms with Gasteiger partial charge in [-0.1, -0.05) is 11.6 Å². The average Bonchev–Trinajstić information content (AvgIpc) is 2.36. The zero-order valence-electron chi connectivity index (χ0n) is 10.3. The SMILES string of the molecule is COC(=O)[C@@](C)(O)CNc1ccc(Cl)cc1[N+](=O)[O-]. The lowest BCUT2D eigenvalue weighted by molar-refractivity contribution is -0.384. The molecule has 0 saturated heterocycles. The Morgan fingerprint density at radius 2 is 2.26 bits per heavy atom. The molecule has 0 bridgehead atoms. The number of methoxy groups -OCH3 is 1. The van der Waals surface area contributed by atoms with E-state index in [1.165, 1.54) is 25.1 Å². The van der Waals surface area contributed by atoms with Crippen LogP contribution in [0.15, 0.2) is 18.2 Å². The number of esters is 1. The lowest BCUT2D eigenvalue weighted by atomic mass is 10.1. The van der Waals surface area contributed by atoms with Gasteiger partial charge in [0.1, 0.15) is 5.69 Å². The molecule has 0 heterocycles. The van der Waals surface area contributed by atoms with E-state index in [4.69, 9.17) is 11.6 Å². The fourth-order valence-corrected chi connectivity index (χ4v) is 1.53. The topological polar surface area (TPSA) is 102 Å². The molecule has 1 aromatic carbocycles. The maximum Gasteiger partial charge on any atom is 0.339 e. The van der Waals surface area contributed by atoms with Crippen LogP contribution in [-0.2, 0) is 9.53 Å². The molecule has 0 aliphatic rings. The Hall–Kier alpha value is -1.86. The standard InChI is InChI=1S/C11H13ClN2O5/c1-11(16,10(15)19-2)6-13-8-4-3-7(12)5-9(8)14(17)18/h3-5,13,16H,6H2,1-2H3/t11-/m0/s1. The van der Waals surface area contributed by atoms with Gasteiger partial charge in [0.05, 0.1) is 18.6 Å². The molecule has 1 aromatic rings. The molecule has 104 valence electrons. The molecule has 0 aliphatic carbocycles. The number of nitro groups is 1. The molecule has 0 radical (unpaired) electrons. The van der Waals surface area contributed by atoms with Gasteiger partial charge in [0, 0.05) is 11.1 Å². The Labute approximate surface area is 114 Å². The van der Waals surface area contributed by atoms with E-state index in [9.17, 15) is 20.0 Å². The smallest absolute Gasteiger partial charge is 0.339 e. The van der Waals surface area contributed by atoms with Crippen LogP contribution in [0.4, 0.5) is 11.4 Å². The lowest BCUT2D eigenvalue weighted by Gasteiger charge is -2.21. The van der Waals surface area contributed by atoms with Crippen molar-refractivity contribution in [3.8, 4) is 0 Å². The number of nitrogens with one attached hydrogen (secondary N) is 1. The summed E-state index contributed by atoms with van der Waals surface area (Å²) in [5.41, 5.74) is -1.88. The summed E-state index contributed by atoms with van der Waals surface area (Å²) in [7, 11) is 1.14. The number of ether oxygens (including phenoxy) is 1. The molecule has 0 spiro atoms.